The molecular weight excluding hydrogens is 364 g/mol. The van der Waals surface area contributed by atoms with Gasteiger partial charge in [-0.2, -0.15) is 0 Å². The van der Waals surface area contributed by atoms with Crippen molar-refractivity contribution < 1.29 is 9.53 Å². The first-order valence-electron chi connectivity index (χ1n) is 9.96. The van der Waals surface area contributed by atoms with Crippen LogP contribution in [-0.4, -0.2) is 11.6 Å². The first-order valence-corrected chi connectivity index (χ1v) is 11.2. The SMILES string of the molecule is Cc1cc2ccccc2[s+]1-c1ccc(C(=O)OC(C)(C)C2CC=CCC2)cc1. The number of benzene rings is 2. The van der Waals surface area contributed by atoms with E-state index in [0.717, 1.165) is 19.3 Å². The van der Waals surface area contributed by atoms with Crippen LogP contribution in [0.2, 0.25) is 0 Å². The van der Waals surface area contributed by atoms with Crippen LogP contribution in [0.5, 0.6) is 0 Å². The number of thiophene rings is 1. The van der Waals surface area contributed by atoms with Gasteiger partial charge in [0.25, 0.3) is 0 Å². The minimum atomic E-state index is -0.452. The molecule has 28 heavy (non-hydrogen) atoms. The Morgan fingerprint density at radius 1 is 1.07 bits per heavy atom. The molecule has 144 valence electrons. The molecule has 2 aromatic carbocycles. The smallest absolute Gasteiger partial charge is 0.338 e. The zero-order valence-corrected chi connectivity index (χ0v) is 17.6. The highest BCUT2D eigenvalue weighted by molar-refractivity contribution is 7.45. The van der Waals surface area contributed by atoms with E-state index < -0.39 is 5.60 Å². The van der Waals surface area contributed by atoms with Gasteiger partial charge in [-0.3, -0.25) is 0 Å². The fourth-order valence-electron chi connectivity index (χ4n) is 4.08. The third-order valence-corrected chi connectivity index (χ3v) is 8.07. The van der Waals surface area contributed by atoms with E-state index in [1.807, 2.05) is 26.0 Å². The van der Waals surface area contributed by atoms with Crippen molar-refractivity contribution in [3.05, 3.63) is 77.2 Å². The van der Waals surface area contributed by atoms with Crippen molar-refractivity contribution in [2.24, 2.45) is 5.92 Å². The number of fused-ring (bicyclic) bond motifs is 1. The summed E-state index contributed by atoms with van der Waals surface area (Å²) in [5.41, 5.74) is 0.173. The van der Waals surface area contributed by atoms with Crippen LogP contribution in [0.15, 0.2) is 66.7 Å². The van der Waals surface area contributed by atoms with Gasteiger partial charge in [-0.15, -0.1) is 0 Å². The van der Waals surface area contributed by atoms with Gasteiger partial charge in [-0.25, -0.2) is 4.79 Å². The average Bonchev–Trinajstić information content (AvgIpc) is 3.04. The summed E-state index contributed by atoms with van der Waals surface area (Å²) in [5, 5.41) is 1.30. The van der Waals surface area contributed by atoms with E-state index in [9.17, 15) is 4.79 Å². The van der Waals surface area contributed by atoms with Crippen LogP contribution in [0.1, 0.15) is 48.3 Å². The molecule has 0 radical (unpaired) electrons. The Hall–Kier alpha value is -2.39. The number of allylic oxidation sites excluding steroid dienone is 2. The van der Waals surface area contributed by atoms with Crippen molar-refractivity contribution in [3.63, 3.8) is 0 Å². The molecule has 1 aliphatic rings. The van der Waals surface area contributed by atoms with Crippen molar-refractivity contribution in [1.82, 2.24) is 0 Å². The minimum Gasteiger partial charge on any atom is -0.456 e. The van der Waals surface area contributed by atoms with Crippen LogP contribution in [-0.2, 0) is 4.74 Å². The molecule has 2 atom stereocenters. The summed E-state index contributed by atoms with van der Waals surface area (Å²) in [6.07, 6.45) is 7.54. The fraction of sp³-hybridized carbons (Fsp3) is 0.320. The second-order valence-corrected chi connectivity index (χ2v) is 10.3. The summed E-state index contributed by atoms with van der Waals surface area (Å²) in [5.74, 6) is 0.151. The van der Waals surface area contributed by atoms with Gasteiger partial charge in [0.15, 0.2) is 14.5 Å². The van der Waals surface area contributed by atoms with Crippen molar-refractivity contribution in [2.75, 3.05) is 0 Å². The molecule has 2 nitrogen and oxygen atoms in total. The van der Waals surface area contributed by atoms with Gasteiger partial charge < -0.3 is 4.74 Å². The molecule has 3 heteroatoms. The lowest BCUT2D eigenvalue weighted by molar-refractivity contribution is -0.0320. The second-order valence-electron chi connectivity index (χ2n) is 8.10. The number of ether oxygens (including phenoxy) is 1. The van der Waals surface area contributed by atoms with E-state index in [0.29, 0.717) is 11.5 Å². The van der Waals surface area contributed by atoms with Crippen molar-refractivity contribution in [1.29, 1.82) is 0 Å². The number of aryl methyl sites for hydroxylation is 1. The molecule has 0 saturated carbocycles. The normalized spacial score (nSPS) is 17.7. The maximum atomic E-state index is 12.7. The third kappa shape index (κ3) is 3.64. The maximum absolute atomic E-state index is 12.7. The number of esters is 1. The van der Waals surface area contributed by atoms with Gasteiger partial charge in [-0.05, 0) is 69.5 Å². The molecule has 1 aliphatic carbocycles. The van der Waals surface area contributed by atoms with Crippen molar-refractivity contribution in [2.45, 2.75) is 45.6 Å². The molecule has 4 rings (SSSR count). The van der Waals surface area contributed by atoms with Crippen LogP contribution in [0.3, 0.4) is 0 Å². The van der Waals surface area contributed by atoms with E-state index in [2.05, 4.69) is 61.5 Å². The third-order valence-electron chi connectivity index (χ3n) is 5.75. The first-order chi connectivity index (χ1) is 13.5. The molecule has 0 bridgehead atoms. The van der Waals surface area contributed by atoms with E-state index >= 15 is 0 Å². The Balaban J connectivity index is 1.55. The fourth-order valence-corrected chi connectivity index (χ4v) is 6.29. The number of hydrogen-bond donors (Lipinski definition) is 0. The summed E-state index contributed by atoms with van der Waals surface area (Å²) in [6.45, 7) is 6.26. The maximum Gasteiger partial charge on any atom is 0.338 e. The van der Waals surface area contributed by atoms with Crippen LogP contribution in [0.4, 0.5) is 0 Å². The molecule has 0 fully saturated rings. The first kappa shape index (κ1) is 18.9. The van der Waals surface area contributed by atoms with Gasteiger partial charge >= 0.3 is 5.97 Å². The van der Waals surface area contributed by atoms with E-state index in [4.69, 9.17) is 4.74 Å². The predicted molar refractivity (Wildman–Crippen MR) is 118 cm³/mol. The zero-order valence-electron chi connectivity index (χ0n) is 16.8. The van der Waals surface area contributed by atoms with Crippen molar-refractivity contribution >= 4 is 26.5 Å². The Kier molecular flexibility index (Phi) is 5.11. The van der Waals surface area contributed by atoms with Gasteiger partial charge in [0.2, 0.25) is 0 Å². The van der Waals surface area contributed by atoms with E-state index in [1.165, 1.54) is 19.9 Å². The van der Waals surface area contributed by atoms with Gasteiger partial charge in [0.05, 0.1) is 5.56 Å². The molecule has 1 heterocycles. The Morgan fingerprint density at radius 2 is 1.82 bits per heavy atom. The standard InChI is InChI=1S/C25H27O2S/c1-18-17-20-9-7-8-12-23(20)28(18)22-15-13-19(14-16-22)24(26)27-25(2,3)21-10-5-4-6-11-21/h4-5,7-9,12-17,21H,6,10-11H2,1-3H3/q+1. The lowest BCUT2D eigenvalue weighted by Crippen LogP contribution is -2.37. The average molecular weight is 392 g/mol. The Bertz CT molecular complexity index is 1020. The van der Waals surface area contributed by atoms with Crippen molar-refractivity contribution in [3.8, 4) is 4.90 Å². The summed E-state index contributed by atoms with van der Waals surface area (Å²) in [4.78, 5) is 15.4. The van der Waals surface area contributed by atoms with Crippen LogP contribution < -0.4 is 0 Å². The molecule has 0 aliphatic heterocycles. The summed E-state index contributed by atoms with van der Waals surface area (Å²) in [6, 6.07) is 18.8. The highest BCUT2D eigenvalue weighted by Gasteiger charge is 2.33. The highest BCUT2D eigenvalue weighted by Crippen LogP contribution is 2.43. The molecule has 0 spiro atoms. The minimum absolute atomic E-state index is 0.0534. The lowest BCUT2D eigenvalue weighted by atomic mass is 9.81. The molecular formula is C25H27O2S+. The molecule has 2 unspecified atom stereocenters. The number of rotatable bonds is 4. The van der Waals surface area contributed by atoms with E-state index in [-0.39, 0.29) is 16.4 Å². The molecule has 1 aromatic heterocycles. The Labute approximate surface area is 169 Å². The number of carbonyl (C=O) groups is 1. The summed E-state index contributed by atoms with van der Waals surface area (Å²) < 4.78 is 7.29. The van der Waals surface area contributed by atoms with Gasteiger partial charge in [-0.1, -0.05) is 24.3 Å². The predicted octanol–water partition coefficient (Wildman–Crippen LogP) is 7.18. The topological polar surface area (TPSA) is 26.3 Å². The zero-order chi connectivity index (χ0) is 19.7. The highest BCUT2D eigenvalue weighted by atomic mass is 32.2. The van der Waals surface area contributed by atoms with Gasteiger partial charge in [0.1, 0.15) is 5.60 Å². The summed E-state index contributed by atoms with van der Waals surface area (Å²) >= 11 is 0. The quantitative estimate of drug-likeness (QED) is 0.267. The molecule has 0 N–H and O–H groups in total. The molecule has 3 aromatic rings. The van der Waals surface area contributed by atoms with E-state index in [1.54, 1.807) is 0 Å². The molecule has 0 amide bonds. The lowest BCUT2D eigenvalue weighted by Gasteiger charge is -2.34. The molecule has 0 saturated heterocycles. The Morgan fingerprint density at radius 3 is 2.54 bits per heavy atom. The summed E-state index contributed by atoms with van der Waals surface area (Å²) in [7, 11) is -0.0534. The van der Waals surface area contributed by atoms with Gasteiger partial charge in [0, 0.05) is 34.8 Å². The number of carbonyl (C=O) groups excluding carboxylic acids is 1. The number of hydrogen-bond acceptors (Lipinski definition) is 2. The van der Waals surface area contributed by atoms with Crippen LogP contribution in [0.25, 0.3) is 15.0 Å². The van der Waals surface area contributed by atoms with Crippen LogP contribution >= 0.6 is 10.5 Å². The second kappa shape index (κ2) is 7.56. The van der Waals surface area contributed by atoms with Crippen LogP contribution in [0, 0.1) is 12.8 Å². The monoisotopic (exact) mass is 391 g/mol. The largest absolute Gasteiger partial charge is 0.456 e.